The minimum absolute atomic E-state index is 0.564. The molecule has 1 aliphatic rings. The Morgan fingerprint density at radius 1 is 1.33 bits per heavy atom. The average Bonchev–Trinajstić information content (AvgIpc) is 2.59. The van der Waals surface area contributed by atoms with Crippen molar-refractivity contribution in [2.24, 2.45) is 11.8 Å². The van der Waals surface area contributed by atoms with Crippen molar-refractivity contribution in [2.45, 2.75) is 39.2 Å². The van der Waals surface area contributed by atoms with Crippen molar-refractivity contribution in [1.82, 2.24) is 10.2 Å². The molecule has 1 aromatic rings. The molecule has 84 valence electrons. The molecule has 1 fully saturated rings. The fourth-order valence-electron chi connectivity index (χ4n) is 2.21. The summed E-state index contributed by atoms with van der Waals surface area (Å²) in [6, 6.07) is 0.564. The summed E-state index contributed by atoms with van der Waals surface area (Å²) in [6.45, 7) is 4.67. The topological polar surface area (TPSA) is 37.8 Å². The van der Waals surface area contributed by atoms with Crippen LogP contribution in [0.4, 0.5) is 5.13 Å². The van der Waals surface area contributed by atoms with E-state index in [2.05, 4.69) is 45.3 Å². The zero-order valence-electron chi connectivity index (χ0n) is 9.03. The highest BCUT2D eigenvalue weighted by Crippen LogP contribution is 2.32. The highest BCUT2D eigenvalue weighted by molar-refractivity contribution is 9.11. The van der Waals surface area contributed by atoms with Gasteiger partial charge in [-0.05, 0) is 34.2 Å². The minimum Gasteiger partial charge on any atom is -0.357 e. The van der Waals surface area contributed by atoms with Crippen LogP contribution in [0, 0.1) is 11.8 Å². The predicted molar refractivity (Wildman–Crippen MR) is 67.2 cm³/mol. The molecule has 1 saturated carbocycles. The van der Waals surface area contributed by atoms with Gasteiger partial charge in [-0.15, -0.1) is 10.2 Å². The molecular formula is C10H16BrN3S. The van der Waals surface area contributed by atoms with E-state index in [0.29, 0.717) is 6.04 Å². The van der Waals surface area contributed by atoms with E-state index in [0.717, 1.165) is 20.9 Å². The summed E-state index contributed by atoms with van der Waals surface area (Å²) in [7, 11) is 0. The van der Waals surface area contributed by atoms with Crippen LogP contribution in [0.2, 0.25) is 0 Å². The number of halogens is 1. The molecule has 0 radical (unpaired) electrons. The Kier molecular flexibility index (Phi) is 3.61. The SMILES string of the molecule is CC1CCCC(Nc2nnc(Br)s2)C1C. The standard InChI is InChI=1S/C10H16BrN3S/c1-6-4-3-5-8(7(6)2)12-10-14-13-9(11)15-10/h6-8H,3-5H2,1-2H3,(H,12,14). The van der Waals surface area contributed by atoms with Crippen LogP contribution in [0.1, 0.15) is 33.1 Å². The highest BCUT2D eigenvalue weighted by Gasteiger charge is 2.27. The smallest absolute Gasteiger partial charge is 0.206 e. The Morgan fingerprint density at radius 3 is 2.80 bits per heavy atom. The van der Waals surface area contributed by atoms with Gasteiger partial charge < -0.3 is 5.32 Å². The molecule has 1 aliphatic carbocycles. The number of hydrogen-bond acceptors (Lipinski definition) is 4. The third kappa shape index (κ3) is 2.69. The molecule has 1 aromatic heterocycles. The van der Waals surface area contributed by atoms with Gasteiger partial charge in [-0.1, -0.05) is 38.0 Å². The Hall–Kier alpha value is -0.160. The van der Waals surface area contributed by atoms with Crippen molar-refractivity contribution in [3.05, 3.63) is 3.92 Å². The first-order valence-electron chi connectivity index (χ1n) is 5.42. The third-order valence-electron chi connectivity index (χ3n) is 3.42. The van der Waals surface area contributed by atoms with Crippen molar-refractivity contribution in [3.8, 4) is 0 Å². The second-order valence-corrected chi connectivity index (χ2v) is 6.63. The van der Waals surface area contributed by atoms with Crippen molar-refractivity contribution in [3.63, 3.8) is 0 Å². The second kappa shape index (κ2) is 4.78. The summed E-state index contributed by atoms with van der Waals surface area (Å²) in [5.41, 5.74) is 0. The third-order valence-corrected chi connectivity index (χ3v) is 4.70. The van der Waals surface area contributed by atoms with Crippen LogP contribution in [0.25, 0.3) is 0 Å². The normalized spacial score (nSPS) is 31.5. The molecule has 3 unspecified atom stereocenters. The minimum atomic E-state index is 0.564. The van der Waals surface area contributed by atoms with E-state index in [-0.39, 0.29) is 0 Å². The summed E-state index contributed by atoms with van der Waals surface area (Å²) in [6.07, 6.45) is 3.94. The van der Waals surface area contributed by atoms with Gasteiger partial charge in [-0.2, -0.15) is 0 Å². The van der Waals surface area contributed by atoms with Gasteiger partial charge in [-0.25, -0.2) is 0 Å². The van der Waals surface area contributed by atoms with Gasteiger partial charge in [0.25, 0.3) is 0 Å². The van der Waals surface area contributed by atoms with Gasteiger partial charge in [0.05, 0.1) is 0 Å². The molecule has 3 atom stereocenters. The van der Waals surface area contributed by atoms with Crippen LogP contribution in [-0.4, -0.2) is 16.2 Å². The Bertz CT molecular complexity index is 328. The quantitative estimate of drug-likeness (QED) is 0.905. The van der Waals surface area contributed by atoms with Gasteiger partial charge in [0.15, 0.2) is 3.92 Å². The molecule has 3 nitrogen and oxygen atoms in total. The molecule has 0 amide bonds. The molecule has 1 N–H and O–H groups in total. The van der Waals surface area contributed by atoms with E-state index in [9.17, 15) is 0 Å². The molecule has 0 aromatic carbocycles. The lowest BCUT2D eigenvalue weighted by Crippen LogP contribution is -2.34. The van der Waals surface area contributed by atoms with E-state index in [1.165, 1.54) is 19.3 Å². The maximum Gasteiger partial charge on any atom is 0.206 e. The van der Waals surface area contributed by atoms with Crippen LogP contribution in [0.5, 0.6) is 0 Å². The van der Waals surface area contributed by atoms with Crippen molar-refractivity contribution >= 4 is 32.4 Å². The first kappa shape index (κ1) is 11.3. The largest absolute Gasteiger partial charge is 0.357 e. The fourth-order valence-corrected chi connectivity index (χ4v) is 3.28. The molecule has 0 saturated heterocycles. The molecule has 2 rings (SSSR count). The molecule has 15 heavy (non-hydrogen) atoms. The van der Waals surface area contributed by atoms with Crippen LogP contribution in [0.3, 0.4) is 0 Å². The maximum absolute atomic E-state index is 4.08. The van der Waals surface area contributed by atoms with Crippen molar-refractivity contribution in [1.29, 1.82) is 0 Å². The lowest BCUT2D eigenvalue weighted by molar-refractivity contribution is 0.253. The molecule has 1 heterocycles. The Balaban J connectivity index is 1.99. The number of nitrogens with one attached hydrogen (secondary N) is 1. The van der Waals surface area contributed by atoms with Crippen LogP contribution in [-0.2, 0) is 0 Å². The number of anilines is 1. The second-order valence-electron chi connectivity index (χ2n) is 4.38. The first-order valence-corrected chi connectivity index (χ1v) is 7.03. The van der Waals surface area contributed by atoms with Gasteiger partial charge in [0.2, 0.25) is 5.13 Å². The zero-order chi connectivity index (χ0) is 10.8. The lowest BCUT2D eigenvalue weighted by atomic mass is 9.78. The molecular weight excluding hydrogens is 274 g/mol. The van der Waals surface area contributed by atoms with Crippen LogP contribution >= 0.6 is 27.3 Å². The number of hydrogen-bond donors (Lipinski definition) is 1. The first-order chi connectivity index (χ1) is 7.16. The van der Waals surface area contributed by atoms with E-state index in [1.54, 1.807) is 11.3 Å². The summed E-state index contributed by atoms with van der Waals surface area (Å²) in [5.74, 6) is 1.54. The van der Waals surface area contributed by atoms with Crippen LogP contribution in [0.15, 0.2) is 3.92 Å². The highest BCUT2D eigenvalue weighted by atomic mass is 79.9. The van der Waals surface area contributed by atoms with Gasteiger partial charge >= 0.3 is 0 Å². The molecule has 0 spiro atoms. The monoisotopic (exact) mass is 289 g/mol. The molecule has 0 aliphatic heterocycles. The predicted octanol–water partition coefficient (Wildman–Crippen LogP) is 3.54. The molecule has 0 bridgehead atoms. The lowest BCUT2D eigenvalue weighted by Gasteiger charge is -2.34. The van der Waals surface area contributed by atoms with Crippen molar-refractivity contribution < 1.29 is 0 Å². The van der Waals surface area contributed by atoms with Gasteiger partial charge in [-0.3, -0.25) is 0 Å². The van der Waals surface area contributed by atoms with E-state index >= 15 is 0 Å². The number of aromatic nitrogens is 2. The number of rotatable bonds is 2. The summed E-state index contributed by atoms with van der Waals surface area (Å²) >= 11 is 4.90. The average molecular weight is 290 g/mol. The van der Waals surface area contributed by atoms with Crippen LogP contribution < -0.4 is 5.32 Å². The van der Waals surface area contributed by atoms with Crippen molar-refractivity contribution in [2.75, 3.05) is 5.32 Å². The van der Waals surface area contributed by atoms with E-state index < -0.39 is 0 Å². The maximum atomic E-state index is 4.08. The fraction of sp³-hybridized carbons (Fsp3) is 0.800. The Labute approximate surface area is 103 Å². The van der Waals surface area contributed by atoms with Gasteiger partial charge in [0, 0.05) is 6.04 Å². The zero-order valence-corrected chi connectivity index (χ0v) is 11.4. The molecule has 5 heteroatoms. The Morgan fingerprint density at radius 2 is 2.13 bits per heavy atom. The van der Waals surface area contributed by atoms with E-state index in [4.69, 9.17) is 0 Å². The summed E-state index contributed by atoms with van der Waals surface area (Å²) in [4.78, 5) is 0. The number of nitrogens with zero attached hydrogens (tertiary/aromatic N) is 2. The summed E-state index contributed by atoms with van der Waals surface area (Å²) in [5, 5.41) is 12.5. The van der Waals surface area contributed by atoms with Gasteiger partial charge in [0.1, 0.15) is 0 Å². The summed E-state index contributed by atoms with van der Waals surface area (Å²) < 4.78 is 0.849. The van der Waals surface area contributed by atoms with E-state index in [1.807, 2.05) is 0 Å².